The summed E-state index contributed by atoms with van der Waals surface area (Å²) in [5.41, 5.74) is 1.26. The van der Waals surface area contributed by atoms with Crippen LogP contribution in [0.2, 0.25) is 0 Å². The molecule has 0 bridgehead atoms. The van der Waals surface area contributed by atoms with E-state index >= 15 is 0 Å². The zero-order valence-electron chi connectivity index (χ0n) is 14.5. The molecular weight excluding hydrogens is 338 g/mol. The van der Waals surface area contributed by atoms with E-state index in [0.717, 1.165) is 6.07 Å². The maximum absolute atomic E-state index is 13.3. The summed E-state index contributed by atoms with van der Waals surface area (Å²) < 4.78 is 46.3. The monoisotopic (exact) mass is 358 g/mol. The minimum absolute atomic E-state index is 0.101. The van der Waals surface area contributed by atoms with E-state index in [1.54, 1.807) is 14.0 Å². The maximum Gasteiger partial charge on any atom is 0.306 e. The first-order valence-electron chi connectivity index (χ1n) is 7.65. The van der Waals surface area contributed by atoms with Gasteiger partial charge in [-0.15, -0.1) is 0 Å². The topological polar surface area (TPSA) is 87.6 Å². The van der Waals surface area contributed by atoms with Crippen LogP contribution in [0.15, 0.2) is 15.1 Å². The molecule has 9 heteroatoms. The van der Waals surface area contributed by atoms with Gasteiger partial charge in [0.2, 0.25) is 5.76 Å². The molecule has 2 heterocycles. The number of carbonyl (C=O) groups is 1. The molecule has 0 N–H and O–H groups in total. The molecule has 0 aliphatic carbocycles. The normalized spacial score (nSPS) is 13.0. The summed E-state index contributed by atoms with van der Waals surface area (Å²) in [5, 5.41) is 7.62. The molecule has 2 aromatic rings. The summed E-state index contributed by atoms with van der Waals surface area (Å²) in [4.78, 5) is 11.6. The van der Waals surface area contributed by atoms with Crippen LogP contribution in [-0.2, 0) is 20.2 Å². The first-order valence-corrected chi connectivity index (χ1v) is 7.65. The van der Waals surface area contributed by atoms with E-state index < -0.39 is 11.7 Å². The lowest BCUT2D eigenvalue weighted by molar-refractivity contribution is -0.141. The van der Waals surface area contributed by atoms with Gasteiger partial charge in [0.05, 0.1) is 19.2 Å². The predicted octanol–water partition coefficient (Wildman–Crippen LogP) is 3.43. The summed E-state index contributed by atoms with van der Waals surface area (Å²) in [6.07, 6.45) is 0.624. The van der Waals surface area contributed by atoms with Crippen molar-refractivity contribution in [2.24, 2.45) is 0 Å². The number of aromatic nitrogens is 2. The van der Waals surface area contributed by atoms with Crippen LogP contribution >= 0.6 is 0 Å². The van der Waals surface area contributed by atoms with Crippen LogP contribution in [0.4, 0.5) is 8.78 Å². The Labute approximate surface area is 143 Å². The molecule has 138 valence electrons. The van der Waals surface area contributed by atoms with Gasteiger partial charge in [0, 0.05) is 38.2 Å². The van der Waals surface area contributed by atoms with Crippen LogP contribution in [0.3, 0.4) is 0 Å². The van der Waals surface area contributed by atoms with E-state index in [0.29, 0.717) is 31.2 Å². The number of methoxy groups -OCH3 is 2. The van der Waals surface area contributed by atoms with E-state index in [1.165, 1.54) is 7.11 Å². The number of rotatable bonds is 8. The number of alkyl halides is 2. The number of nitrogens with zero attached hydrogens (tertiary/aromatic N) is 2. The third-order valence-corrected chi connectivity index (χ3v) is 3.83. The Morgan fingerprint density at radius 3 is 2.60 bits per heavy atom. The standard InChI is InChI=1S/C16H20F2N2O5/c1-9-14(10(5-6-22-3)7-13(21)23-4)20-25-15(9)11-8-12(24-19-11)16(2,17)18/h8,10H,5-7H2,1-4H3. The third kappa shape index (κ3) is 4.41. The van der Waals surface area contributed by atoms with Crippen molar-refractivity contribution < 1.29 is 32.1 Å². The quantitative estimate of drug-likeness (QED) is 0.668. The Hall–Kier alpha value is -2.29. The van der Waals surface area contributed by atoms with Crippen molar-refractivity contribution in [2.45, 2.75) is 38.5 Å². The molecule has 0 amide bonds. The van der Waals surface area contributed by atoms with Crippen LogP contribution in [0.1, 0.15) is 42.7 Å². The largest absolute Gasteiger partial charge is 0.469 e. The summed E-state index contributed by atoms with van der Waals surface area (Å²) in [5.74, 6) is -4.16. The SMILES string of the molecule is COCCC(CC(=O)OC)c1noc(-c2cc(C(C)(F)F)on2)c1C. The number of halogens is 2. The fraction of sp³-hybridized carbons (Fsp3) is 0.562. The highest BCUT2D eigenvalue weighted by Crippen LogP contribution is 2.35. The van der Waals surface area contributed by atoms with Crippen LogP contribution in [0, 0.1) is 6.92 Å². The Morgan fingerprint density at radius 1 is 1.32 bits per heavy atom. The first kappa shape index (κ1) is 19.0. The molecule has 0 aliphatic heterocycles. The van der Waals surface area contributed by atoms with Crippen LogP contribution in [-0.4, -0.2) is 37.1 Å². The van der Waals surface area contributed by atoms with Gasteiger partial charge in [-0.25, -0.2) is 0 Å². The van der Waals surface area contributed by atoms with Gasteiger partial charge in [-0.1, -0.05) is 10.3 Å². The van der Waals surface area contributed by atoms with E-state index in [4.69, 9.17) is 14.0 Å². The van der Waals surface area contributed by atoms with Crippen molar-refractivity contribution in [1.29, 1.82) is 0 Å². The highest BCUT2D eigenvalue weighted by atomic mass is 19.3. The molecule has 0 saturated heterocycles. The van der Waals surface area contributed by atoms with Gasteiger partial charge >= 0.3 is 11.9 Å². The molecule has 2 rings (SSSR count). The summed E-state index contributed by atoms with van der Waals surface area (Å²) in [6.45, 7) is 2.85. The first-order chi connectivity index (χ1) is 11.8. The molecule has 1 unspecified atom stereocenters. The molecule has 0 aliphatic rings. The average Bonchev–Trinajstić information content (AvgIpc) is 3.17. The molecular formula is C16H20F2N2O5. The van der Waals surface area contributed by atoms with Crippen molar-refractivity contribution >= 4 is 5.97 Å². The van der Waals surface area contributed by atoms with Crippen LogP contribution < -0.4 is 0 Å². The lowest BCUT2D eigenvalue weighted by Gasteiger charge is -2.13. The molecule has 0 spiro atoms. The summed E-state index contributed by atoms with van der Waals surface area (Å²) in [7, 11) is 2.86. The zero-order valence-corrected chi connectivity index (χ0v) is 14.5. The van der Waals surface area contributed by atoms with Gasteiger partial charge in [-0.3, -0.25) is 4.79 Å². The minimum Gasteiger partial charge on any atom is -0.469 e. The second kappa shape index (κ2) is 7.73. The Balaban J connectivity index is 2.31. The number of hydrogen-bond acceptors (Lipinski definition) is 7. The fourth-order valence-electron chi connectivity index (χ4n) is 2.44. The van der Waals surface area contributed by atoms with E-state index in [2.05, 4.69) is 14.8 Å². The van der Waals surface area contributed by atoms with Gasteiger partial charge in [-0.05, 0) is 13.3 Å². The lowest BCUT2D eigenvalue weighted by Crippen LogP contribution is -2.12. The average molecular weight is 358 g/mol. The van der Waals surface area contributed by atoms with E-state index in [-0.39, 0.29) is 29.8 Å². The van der Waals surface area contributed by atoms with E-state index in [9.17, 15) is 13.6 Å². The van der Waals surface area contributed by atoms with Crippen LogP contribution in [0.5, 0.6) is 0 Å². The van der Waals surface area contributed by atoms with Gasteiger partial charge < -0.3 is 18.5 Å². The van der Waals surface area contributed by atoms with Gasteiger partial charge in [0.1, 0.15) is 0 Å². The van der Waals surface area contributed by atoms with E-state index in [1.807, 2.05) is 0 Å². The molecule has 0 saturated carbocycles. The smallest absolute Gasteiger partial charge is 0.306 e. The molecule has 0 aromatic carbocycles. The number of carbonyl (C=O) groups excluding carboxylic acids is 1. The lowest BCUT2D eigenvalue weighted by atomic mass is 9.94. The molecule has 1 atom stereocenters. The second-order valence-electron chi connectivity index (χ2n) is 5.75. The van der Waals surface area contributed by atoms with Crippen molar-refractivity contribution in [2.75, 3.05) is 20.8 Å². The van der Waals surface area contributed by atoms with Crippen molar-refractivity contribution in [3.63, 3.8) is 0 Å². The number of hydrogen-bond donors (Lipinski definition) is 0. The molecule has 0 fully saturated rings. The van der Waals surface area contributed by atoms with Crippen molar-refractivity contribution in [1.82, 2.24) is 10.3 Å². The molecule has 2 aromatic heterocycles. The van der Waals surface area contributed by atoms with Crippen molar-refractivity contribution in [3.05, 3.63) is 23.1 Å². The molecule has 25 heavy (non-hydrogen) atoms. The van der Waals surface area contributed by atoms with Gasteiger partial charge in [0.15, 0.2) is 11.5 Å². The maximum atomic E-state index is 13.3. The summed E-state index contributed by atoms with van der Waals surface area (Å²) in [6, 6.07) is 1.11. The minimum atomic E-state index is -3.14. The number of esters is 1. The fourth-order valence-corrected chi connectivity index (χ4v) is 2.44. The predicted molar refractivity (Wildman–Crippen MR) is 82.2 cm³/mol. The zero-order chi connectivity index (χ0) is 18.6. The molecule has 7 nitrogen and oxygen atoms in total. The van der Waals surface area contributed by atoms with Crippen LogP contribution in [0.25, 0.3) is 11.5 Å². The third-order valence-electron chi connectivity index (χ3n) is 3.83. The highest BCUT2D eigenvalue weighted by molar-refractivity contribution is 5.70. The Morgan fingerprint density at radius 2 is 2.04 bits per heavy atom. The van der Waals surface area contributed by atoms with Gasteiger partial charge in [-0.2, -0.15) is 8.78 Å². The number of ether oxygens (including phenoxy) is 2. The Bertz CT molecular complexity index is 720. The van der Waals surface area contributed by atoms with Gasteiger partial charge in [0.25, 0.3) is 0 Å². The van der Waals surface area contributed by atoms with Crippen molar-refractivity contribution in [3.8, 4) is 11.5 Å². The molecule has 0 radical (unpaired) electrons. The Kier molecular flexibility index (Phi) is 5.89. The summed E-state index contributed by atoms with van der Waals surface area (Å²) >= 11 is 0. The second-order valence-corrected chi connectivity index (χ2v) is 5.75. The highest BCUT2D eigenvalue weighted by Gasteiger charge is 2.32.